The van der Waals surface area contributed by atoms with Gasteiger partial charge in [0.1, 0.15) is 11.5 Å². The number of benzene rings is 2. The molecule has 6 N–H and O–H groups in total. The van der Waals surface area contributed by atoms with Crippen molar-refractivity contribution in [1.82, 2.24) is 0 Å². The summed E-state index contributed by atoms with van der Waals surface area (Å²) >= 11 is 0. The zero-order chi connectivity index (χ0) is 20.2. The van der Waals surface area contributed by atoms with Crippen LogP contribution >= 0.6 is 15.6 Å². The highest BCUT2D eigenvalue weighted by Crippen LogP contribution is 2.53. The average Bonchev–Trinajstić information content (AvgIpc) is 2.45. The van der Waals surface area contributed by atoms with Gasteiger partial charge in [-0.25, -0.2) is 9.13 Å². The molecule has 0 bridgehead atoms. The molecule has 0 fully saturated rings. The molecule has 0 heterocycles. The minimum Gasteiger partial charge on any atom is -0.508 e. The lowest BCUT2D eigenvalue weighted by Crippen LogP contribution is -2.18. The second kappa shape index (κ2) is 8.33. The number of hydrogen-bond donors (Lipinski definition) is 6. The second-order valence-corrected chi connectivity index (χ2v) is 8.40. The van der Waals surface area contributed by atoms with E-state index in [0.717, 1.165) is 11.1 Å². The van der Waals surface area contributed by atoms with E-state index in [4.69, 9.17) is 19.6 Å². The molecule has 0 aliphatic heterocycles. The standard InChI is InChI=1S/C15H16O2.H4O7P2/c1-15(2,11-3-7-13(16)8-4-11)12-5-9-14(17)10-6-12;1-8(2,3)7-9(4,5)6/h3-10,16-17H,1-2H3;(H2,1,2,3)(H2,4,5,6). The summed E-state index contributed by atoms with van der Waals surface area (Å²) in [6, 6.07) is 14.4. The summed E-state index contributed by atoms with van der Waals surface area (Å²) in [7, 11) is -10.1. The Kier molecular flexibility index (Phi) is 7.16. The van der Waals surface area contributed by atoms with Crippen LogP contribution in [0.3, 0.4) is 0 Å². The van der Waals surface area contributed by atoms with Crippen molar-refractivity contribution < 1.29 is 43.2 Å². The molecule has 2 aromatic rings. The lowest BCUT2D eigenvalue weighted by Gasteiger charge is -2.26. The Balaban J connectivity index is 0.000000321. The maximum atomic E-state index is 9.63. The van der Waals surface area contributed by atoms with Gasteiger partial charge in [-0.3, -0.25) is 0 Å². The minimum absolute atomic E-state index is 0.151. The van der Waals surface area contributed by atoms with Crippen molar-refractivity contribution in [2.24, 2.45) is 0 Å². The van der Waals surface area contributed by atoms with Crippen molar-refractivity contribution in [1.29, 1.82) is 0 Å². The molecule has 144 valence electrons. The lowest BCUT2D eigenvalue weighted by atomic mass is 9.78. The van der Waals surface area contributed by atoms with Gasteiger partial charge in [0.2, 0.25) is 0 Å². The number of rotatable bonds is 4. The number of phenols is 2. The molecule has 0 aliphatic carbocycles. The predicted octanol–water partition coefficient (Wildman–Crippen LogP) is 2.61. The van der Waals surface area contributed by atoms with Crippen LogP contribution in [0.1, 0.15) is 25.0 Å². The summed E-state index contributed by atoms with van der Waals surface area (Å²) in [5.74, 6) is 0.547. The molecular weight excluding hydrogens is 386 g/mol. The van der Waals surface area contributed by atoms with Crippen LogP contribution in [-0.2, 0) is 18.9 Å². The Labute approximate surface area is 150 Å². The smallest absolute Gasteiger partial charge is 0.478 e. The van der Waals surface area contributed by atoms with Crippen LogP contribution in [-0.4, -0.2) is 29.8 Å². The summed E-state index contributed by atoms with van der Waals surface area (Å²) in [5.41, 5.74) is 2.10. The molecule has 26 heavy (non-hydrogen) atoms. The van der Waals surface area contributed by atoms with Gasteiger partial charge in [-0.1, -0.05) is 38.1 Å². The Morgan fingerprint density at radius 3 is 1.15 bits per heavy atom. The maximum absolute atomic E-state index is 9.63. The van der Waals surface area contributed by atoms with Crippen molar-refractivity contribution in [3.63, 3.8) is 0 Å². The highest BCUT2D eigenvalue weighted by molar-refractivity contribution is 7.60. The monoisotopic (exact) mass is 406 g/mol. The van der Waals surface area contributed by atoms with Crippen molar-refractivity contribution in [2.75, 3.05) is 0 Å². The van der Waals surface area contributed by atoms with Crippen LogP contribution in [0.15, 0.2) is 48.5 Å². The van der Waals surface area contributed by atoms with Gasteiger partial charge in [0.15, 0.2) is 0 Å². The number of aromatic hydroxyl groups is 2. The van der Waals surface area contributed by atoms with E-state index in [0.29, 0.717) is 0 Å². The Morgan fingerprint density at radius 2 is 0.962 bits per heavy atom. The highest BCUT2D eigenvalue weighted by Gasteiger charge is 2.28. The first-order valence-corrected chi connectivity index (χ1v) is 10.2. The van der Waals surface area contributed by atoms with E-state index in [-0.39, 0.29) is 16.9 Å². The first kappa shape index (κ1) is 22.3. The SMILES string of the molecule is CC(C)(c1ccc(O)cc1)c1ccc(O)cc1.O=P(O)(O)OP(=O)(O)O. The summed E-state index contributed by atoms with van der Waals surface area (Å²) in [6.07, 6.45) is 0. The molecule has 0 amide bonds. The minimum atomic E-state index is -5.05. The van der Waals surface area contributed by atoms with Crippen LogP contribution in [0.25, 0.3) is 0 Å². The molecule has 2 aromatic carbocycles. The van der Waals surface area contributed by atoms with Gasteiger partial charge in [0.25, 0.3) is 0 Å². The maximum Gasteiger partial charge on any atom is 0.478 e. The largest absolute Gasteiger partial charge is 0.508 e. The zero-order valence-electron chi connectivity index (χ0n) is 13.9. The molecule has 0 radical (unpaired) electrons. The first-order valence-electron chi connectivity index (χ1n) is 7.12. The molecule has 0 saturated carbocycles. The first-order chi connectivity index (χ1) is 11.7. The van der Waals surface area contributed by atoms with Gasteiger partial charge in [-0.2, -0.15) is 4.31 Å². The normalized spacial score (nSPS) is 12.2. The summed E-state index contributed by atoms with van der Waals surface area (Å²) in [5, 5.41) is 18.6. The van der Waals surface area contributed by atoms with E-state index in [9.17, 15) is 19.3 Å². The zero-order valence-corrected chi connectivity index (χ0v) is 15.7. The van der Waals surface area contributed by atoms with Crippen molar-refractivity contribution in [3.05, 3.63) is 59.7 Å². The summed E-state index contributed by atoms with van der Waals surface area (Å²) in [6.45, 7) is 4.23. The van der Waals surface area contributed by atoms with Crippen molar-refractivity contribution in [2.45, 2.75) is 19.3 Å². The molecule has 9 nitrogen and oxygen atoms in total. The van der Waals surface area contributed by atoms with Crippen LogP contribution in [0.5, 0.6) is 11.5 Å². The molecule has 0 spiro atoms. The third-order valence-corrected chi connectivity index (χ3v) is 5.09. The van der Waals surface area contributed by atoms with Gasteiger partial charge in [0, 0.05) is 5.41 Å². The Hall–Kier alpha value is -1.70. The number of phenolic OH excluding ortho intramolecular Hbond substituents is 2. The average molecular weight is 406 g/mol. The fourth-order valence-corrected chi connectivity index (χ4v) is 3.17. The predicted molar refractivity (Wildman–Crippen MR) is 93.5 cm³/mol. The highest BCUT2D eigenvalue weighted by atomic mass is 31.3. The van der Waals surface area contributed by atoms with Gasteiger partial charge in [0.05, 0.1) is 0 Å². The molecule has 0 aliphatic rings. The van der Waals surface area contributed by atoms with Crippen molar-refractivity contribution >= 4 is 15.6 Å². The van der Waals surface area contributed by atoms with Crippen LogP contribution in [0.4, 0.5) is 0 Å². The van der Waals surface area contributed by atoms with Gasteiger partial charge in [-0.05, 0) is 35.4 Å². The lowest BCUT2D eigenvalue weighted by molar-refractivity contribution is 0.225. The molecule has 0 saturated heterocycles. The van der Waals surface area contributed by atoms with E-state index in [1.54, 1.807) is 24.3 Å². The summed E-state index contributed by atoms with van der Waals surface area (Å²) in [4.78, 5) is 31.0. The Bertz CT molecular complexity index is 737. The molecule has 0 atom stereocenters. The molecule has 0 aromatic heterocycles. The van der Waals surface area contributed by atoms with E-state index in [1.165, 1.54) is 0 Å². The van der Waals surface area contributed by atoms with Crippen LogP contribution in [0.2, 0.25) is 0 Å². The quantitative estimate of drug-likeness (QED) is 0.419. The van der Waals surface area contributed by atoms with E-state index in [2.05, 4.69) is 18.2 Å². The van der Waals surface area contributed by atoms with Gasteiger partial charge >= 0.3 is 15.6 Å². The van der Waals surface area contributed by atoms with E-state index < -0.39 is 15.6 Å². The third kappa shape index (κ3) is 7.68. The number of phosphoric acid groups is 2. The fraction of sp³-hybridized carbons (Fsp3) is 0.200. The molecular formula is C15H20O9P2. The van der Waals surface area contributed by atoms with Crippen LogP contribution < -0.4 is 0 Å². The van der Waals surface area contributed by atoms with E-state index >= 15 is 0 Å². The molecule has 0 unspecified atom stereocenters. The summed E-state index contributed by atoms with van der Waals surface area (Å²) < 4.78 is 22.2. The second-order valence-electron chi connectivity index (χ2n) is 5.78. The van der Waals surface area contributed by atoms with Gasteiger partial charge in [-0.15, -0.1) is 0 Å². The van der Waals surface area contributed by atoms with Crippen LogP contribution in [0, 0.1) is 0 Å². The molecule has 2 rings (SSSR count). The van der Waals surface area contributed by atoms with E-state index in [1.807, 2.05) is 24.3 Å². The topological polar surface area (TPSA) is 165 Å². The third-order valence-electron chi connectivity index (χ3n) is 3.39. The fourth-order valence-electron chi connectivity index (χ4n) is 2.06. The number of hydrogen-bond acceptors (Lipinski definition) is 5. The molecule has 11 heteroatoms. The Morgan fingerprint density at radius 1 is 0.692 bits per heavy atom. The van der Waals surface area contributed by atoms with Crippen molar-refractivity contribution in [3.8, 4) is 11.5 Å². The van der Waals surface area contributed by atoms with Gasteiger partial charge < -0.3 is 29.8 Å².